The van der Waals surface area contributed by atoms with Crippen LogP contribution in [-0.2, 0) is 25.7 Å². The molecule has 0 bridgehead atoms. The minimum atomic E-state index is 0.0978. The van der Waals surface area contributed by atoms with Crippen molar-refractivity contribution in [3.63, 3.8) is 0 Å². The Hall–Kier alpha value is -1.90. The van der Waals surface area contributed by atoms with E-state index in [1.807, 2.05) is 0 Å². The summed E-state index contributed by atoms with van der Waals surface area (Å²) in [6.45, 7) is 0. The Bertz CT molecular complexity index is 692. The fourth-order valence-electron chi connectivity index (χ4n) is 3.57. The Morgan fingerprint density at radius 3 is 2.50 bits per heavy atom. The standard InChI is InChI=1S/C17H18N2O/c20-17-14-7-3-4-8-15(14)18-16(19-17)13-9-11-5-1-2-6-12(11)10-13/h1-2,5-6,13H,3-4,7-10H2,(H,18,19,20). The maximum absolute atomic E-state index is 12.2. The van der Waals surface area contributed by atoms with Gasteiger partial charge in [-0.25, -0.2) is 4.98 Å². The molecule has 1 aromatic carbocycles. The predicted molar refractivity (Wildman–Crippen MR) is 78.1 cm³/mol. The number of nitrogens with one attached hydrogen (secondary N) is 1. The number of aryl methyl sites for hydroxylation is 1. The van der Waals surface area contributed by atoms with E-state index < -0.39 is 0 Å². The largest absolute Gasteiger partial charge is 0.310 e. The van der Waals surface area contributed by atoms with Gasteiger partial charge in [0.15, 0.2) is 0 Å². The van der Waals surface area contributed by atoms with Gasteiger partial charge in [0.1, 0.15) is 5.82 Å². The SMILES string of the molecule is O=c1[nH]c(C2Cc3ccccc3C2)nc2c1CCCC2. The molecule has 102 valence electrons. The molecule has 20 heavy (non-hydrogen) atoms. The second-order valence-electron chi connectivity index (χ2n) is 5.96. The van der Waals surface area contributed by atoms with Crippen molar-refractivity contribution < 1.29 is 0 Å². The third kappa shape index (κ3) is 1.89. The van der Waals surface area contributed by atoms with Gasteiger partial charge in [-0.15, -0.1) is 0 Å². The van der Waals surface area contributed by atoms with Crippen LogP contribution in [0.1, 0.15) is 47.0 Å². The monoisotopic (exact) mass is 266 g/mol. The number of fused-ring (bicyclic) bond motifs is 2. The van der Waals surface area contributed by atoms with Crippen LogP contribution in [0, 0.1) is 0 Å². The van der Waals surface area contributed by atoms with Gasteiger partial charge in [0, 0.05) is 11.5 Å². The first-order valence-corrected chi connectivity index (χ1v) is 7.50. The zero-order chi connectivity index (χ0) is 13.5. The van der Waals surface area contributed by atoms with Crippen LogP contribution in [0.5, 0.6) is 0 Å². The molecule has 0 spiro atoms. The van der Waals surface area contributed by atoms with Gasteiger partial charge >= 0.3 is 0 Å². The maximum Gasteiger partial charge on any atom is 0.254 e. The summed E-state index contributed by atoms with van der Waals surface area (Å²) in [5.74, 6) is 1.24. The fraction of sp³-hybridized carbons (Fsp3) is 0.412. The highest BCUT2D eigenvalue weighted by Crippen LogP contribution is 2.32. The average Bonchev–Trinajstić information content (AvgIpc) is 2.91. The van der Waals surface area contributed by atoms with Crippen LogP contribution in [0.25, 0.3) is 0 Å². The molecule has 0 saturated heterocycles. The molecule has 0 amide bonds. The maximum atomic E-state index is 12.2. The number of benzene rings is 1. The lowest BCUT2D eigenvalue weighted by Crippen LogP contribution is -2.24. The highest BCUT2D eigenvalue weighted by Gasteiger charge is 2.26. The van der Waals surface area contributed by atoms with Crippen molar-refractivity contribution in [3.8, 4) is 0 Å². The number of hydrogen-bond acceptors (Lipinski definition) is 2. The average molecular weight is 266 g/mol. The normalized spacial score (nSPS) is 17.8. The second kappa shape index (κ2) is 4.58. The lowest BCUT2D eigenvalue weighted by Gasteiger charge is -2.16. The van der Waals surface area contributed by atoms with Gasteiger partial charge in [-0.3, -0.25) is 4.79 Å². The van der Waals surface area contributed by atoms with Crippen LogP contribution in [0.2, 0.25) is 0 Å². The molecule has 1 N–H and O–H groups in total. The van der Waals surface area contributed by atoms with Crippen LogP contribution in [-0.4, -0.2) is 9.97 Å². The quantitative estimate of drug-likeness (QED) is 0.862. The van der Waals surface area contributed by atoms with Crippen molar-refractivity contribution >= 4 is 0 Å². The molecule has 0 unspecified atom stereocenters. The predicted octanol–water partition coefficient (Wildman–Crippen LogP) is 2.53. The molecule has 2 aromatic rings. The minimum Gasteiger partial charge on any atom is -0.310 e. The number of rotatable bonds is 1. The van der Waals surface area contributed by atoms with Crippen LogP contribution in [0.4, 0.5) is 0 Å². The van der Waals surface area contributed by atoms with E-state index in [4.69, 9.17) is 4.98 Å². The topological polar surface area (TPSA) is 45.8 Å². The van der Waals surface area contributed by atoms with Gasteiger partial charge in [-0.2, -0.15) is 0 Å². The highest BCUT2D eigenvalue weighted by atomic mass is 16.1. The Kier molecular flexibility index (Phi) is 2.72. The molecule has 4 rings (SSSR count). The summed E-state index contributed by atoms with van der Waals surface area (Å²) in [7, 11) is 0. The lowest BCUT2D eigenvalue weighted by atomic mass is 9.96. The first kappa shape index (κ1) is 11.9. The molecule has 0 atom stereocenters. The first-order chi connectivity index (χ1) is 9.81. The third-order valence-electron chi connectivity index (χ3n) is 4.65. The van der Waals surface area contributed by atoms with Gasteiger partial charge in [-0.1, -0.05) is 24.3 Å². The van der Waals surface area contributed by atoms with E-state index in [-0.39, 0.29) is 5.56 Å². The first-order valence-electron chi connectivity index (χ1n) is 7.50. The van der Waals surface area contributed by atoms with E-state index in [1.165, 1.54) is 11.1 Å². The third-order valence-corrected chi connectivity index (χ3v) is 4.65. The molecule has 0 radical (unpaired) electrons. The molecular weight excluding hydrogens is 248 g/mol. The summed E-state index contributed by atoms with van der Waals surface area (Å²) >= 11 is 0. The van der Waals surface area contributed by atoms with Crippen molar-refractivity contribution in [3.05, 3.63) is 62.8 Å². The Labute approximate surface area is 118 Å². The zero-order valence-electron chi connectivity index (χ0n) is 11.5. The van der Waals surface area contributed by atoms with Crippen molar-refractivity contribution in [2.75, 3.05) is 0 Å². The van der Waals surface area contributed by atoms with Crippen molar-refractivity contribution in [2.24, 2.45) is 0 Å². The number of hydrogen-bond donors (Lipinski definition) is 1. The van der Waals surface area contributed by atoms with Gasteiger partial charge in [-0.05, 0) is 49.7 Å². The molecule has 3 heteroatoms. The van der Waals surface area contributed by atoms with Crippen LogP contribution in [0.15, 0.2) is 29.1 Å². The van der Waals surface area contributed by atoms with E-state index >= 15 is 0 Å². The Balaban J connectivity index is 1.71. The number of nitrogens with zero attached hydrogens (tertiary/aromatic N) is 1. The van der Waals surface area contributed by atoms with E-state index in [1.54, 1.807) is 0 Å². The van der Waals surface area contributed by atoms with E-state index in [0.717, 1.165) is 55.6 Å². The molecule has 2 aliphatic rings. The van der Waals surface area contributed by atoms with Crippen LogP contribution >= 0.6 is 0 Å². The molecular formula is C17H18N2O. The summed E-state index contributed by atoms with van der Waals surface area (Å²) in [5.41, 5.74) is 4.87. The molecule has 2 aliphatic carbocycles. The molecule has 1 heterocycles. The molecule has 1 aromatic heterocycles. The summed E-state index contributed by atoms with van der Waals surface area (Å²) in [6, 6.07) is 8.55. The van der Waals surface area contributed by atoms with Crippen LogP contribution < -0.4 is 5.56 Å². The summed E-state index contributed by atoms with van der Waals surface area (Å²) in [6.07, 6.45) is 6.13. The summed E-state index contributed by atoms with van der Waals surface area (Å²) in [4.78, 5) is 20.0. The van der Waals surface area contributed by atoms with Gasteiger partial charge in [0.05, 0.1) is 5.69 Å². The Morgan fingerprint density at radius 1 is 1.05 bits per heavy atom. The van der Waals surface area contributed by atoms with Gasteiger partial charge in [0.2, 0.25) is 0 Å². The van der Waals surface area contributed by atoms with Gasteiger partial charge < -0.3 is 4.98 Å². The van der Waals surface area contributed by atoms with Crippen molar-refractivity contribution in [2.45, 2.75) is 44.4 Å². The number of H-pyrrole nitrogens is 1. The van der Waals surface area contributed by atoms with Crippen LogP contribution in [0.3, 0.4) is 0 Å². The summed E-state index contributed by atoms with van der Waals surface area (Å²) in [5, 5.41) is 0. The van der Waals surface area contributed by atoms with E-state index in [0.29, 0.717) is 5.92 Å². The molecule has 0 aliphatic heterocycles. The van der Waals surface area contributed by atoms with Crippen molar-refractivity contribution in [1.82, 2.24) is 9.97 Å². The minimum absolute atomic E-state index is 0.0978. The lowest BCUT2D eigenvalue weighted by molar-refractivity contribution is 0.617. The number of aromatic nitrogens is 2. The molecule has 0 fully saturated rings. The van der Waals surface area contributed by atoms with E-state index in [9.17, 15) is 4.79 Å². The second-order valence-corrected chi connectivity index (χ2v) is 5.96. The smallest absolute Gasteiger partial charge is 0.254 e. The van der Waals surface area contributed by atoms with Crippen molar-refractivity contribution in [1.29, 1.82) is 0 Å². The molecule has 0 saturated carbocycles. The number of aromatic amines is 1. The fourth-order valence-corrected chi connectivity index (χ4v) is 3.57. The zero-order valence-corrected chi connectivity index (χ0v) is 11.5. The van der Waals surface area contributed by atoms with Gasteiger partial charge in [0.25, 0.3) is 5.56 Å². The Morgan fingerprint density at radius 2 is 1.75 bits per heavy atom. The summed E-state index contributed by atoms with van der Waals surface area (Å²) < 4.78 is 0. The van der Waals surface area contributed by atoms with E-state index in [2.05, 4.69) is 29.2 Å². The highest BCUT2D eigenvalue weighted by molar-refractivity contribution is 5.35. The molecule has 3 nitrogen and oxygen atoms in total.